The zero-order chi connectivity index (χ0) is 13.0. The third-order valence-electron chi connectivity index (χ3n) is 3.40. The number of nitrogens with two attached hydrogens (primary N) is 1. The summed E-state index contributed by atoms with van der Waals surface area (Å²) in [7, 11) is 2.18. The van der Waals surface area contributed by atoms with Gasteiger partial charge in [-0.3, -0.25) is 9.88 Å². The highest BCUT2D eigenvalue weighted by Crippen LogP contribution is 2.12. The Kier molecular flexibility index (Phi) is 4.46. The van der Waals surface area contributed by atoms with Crippen molar-refractivity contribution in [3.63, 3.8) is 0 Å². The maximum absolute atomic E-state index is 5.27. The molecular formula is C12H22N6. The van der Waals surface area contributed by atoms with Gasteiger partial charge < -0.3 is 10.3 Å². The predicted octanol–water partition coefficient (Wildman–Crippen LogP) is 0.288. The van der Waals surface area contributed by atoms with Crippen molar-refractivity contribution in [1.82, 2.24) is 19.8 Å². The molecule has 3 N–H and O–H groups in total. The summed E-state index contributed by atoms with van der Waals surface area (Å²) in [4.78, 5) is 13.4. The Morgan fingerprint density at radius 1 is 1.39 bits per heavy atom. The first-order chi connectivity index (χ1) is 8.69. The molecule has 2 rings (SSSR count). The number of hydrogen-bond acceptors (Lipinski definition) is 6. The minimum absolute atomic E-state index is 0.548. The number of rotatable bonds is 3. The molecule has 0 aromatic carbocycles. The van der Waals surface area contributed by atoms with Gasteiger partial charge in [0.2, 0.25) is 0 Å². The fourth-order valence-corrected chi connectivity index (χ4v) is 2.38. The third-order valence-corrected chi connectivity index (χ3v) is 3.40. The van der Waals surface area contributed by atoms with Gasteiger partial charge in [0.15, 0.2) is 5.82 Å². The summed E-state index contributed by atoms with van der Waals surface area (Å²) in [5.74, 6) is 5.87. The van der Waals surface area contributed by atoms with Crippen LogP contribution in [0.3, 0.4) is 0 Å². The van der Waals surface area contributed by atoms with Crippen molar-refractivity contribution in [2.24, 2.45) is 5.84 Å². The molecule has 6 heteroatoms. The van der Waals surface area contributed by atoms with Crippen molar-refractivity contribution in [3.05, 3.63) is 18.1 Å². The Bertz CT molecular complexity index is 365. The maximum Gasteiger partial charge on any atom is 0.158 e. The summed E-state index contributed by atoms with van der Waals surface area (Å²) in [5.41, 5.74) is 3.48. The summed E-state index contributed by atoms with van der Waals surface area (Å²) >= 11 is 0. The van der Waals surface area contributed by atoms with Crippen molar-refractivity contribution in [2.45, 2.75) is 25.9 Å². The lowest BCUT2D eigenvalue weighted by molar-refractivity contribution is 0.192. The first-order valence-corrected chi connectivity index (χ1v) is 6.39. The van der Waals surface area contributed by atoms with Gasteiger partial charge >= 0.3 is 0 Å². The van der Waals surface area contributed by atoms with Crippen LogP contribution >= 0.6 is 0 Å². The van der Waals surface area contributed by atoms with Crippen molar-refractivity contribution in [2.75, 3.05) is 32.1 Å². The quantitative estimate of drug-likeness (QED) is 0.593. The number of hydrazine groups is 1. The van der Waals surface area contributed by atoms with Gasteiger partial charge in [0.25, 0.3) is 0 Å². The number of aromatic nitrogens is 2. The summed E-state index contributed by atoms with van der Waals surface area (Å²) in [6.45, 7) is 6.51. The Labute approximate surface area is 108 Å². The molecule has 1 aliphatic rings. The van der Waals surface area contributed by atoms with Crippen LogP contribution in [-0.2, 0) is 6.54 Å². The van der Waals surface area contributed by atoms with E-state index in [-0.39, 0.29) is 0 Å². The van der Waals surface area contributed by atoms with E-state index in [1.165, 1.54) is 13.0 Å². The van der Waals surface area contributed by atoms with Crippen molar-refractivity contribution < 1.29 is 0 Å². The van der Waals surface area contributed by atoms with Crippen LogP contribution in [0.2, 0.25) is 0 Å². The first kappa shape index (κ1) is 13.2. The van der Waals surface area contributed by atoms with Crippen molar-refractivity contribution >= 4 is 5.82 Å². The van der Waals surface area contributed by atoms with Gasteiger partial charge in [-0.1, -0.05) is 0 Å². The molecule has 0 amide bonds. The Morgan fingerprint density at radius 3 is 2.89 bits per heavy atom. The summed E-state index contributed by atoms with van der Waals surface area (Å²) in [6, 6.07) is 0.548. The zero-order valence-electron chi connectivity index (χ0n) is 11.1. The molecule has 100 valence electrons. The molecule has 1 aromatic heterocycles. The monoisotopic (exact) mass is 250 g/mol. The largest absolute Gasteiger partial charge is 0.307 e. The van der Waals surface area contributed by atoms with Crippen LogP contribution in [0.5, 0.6) is 0 Å². The molecule has 0 spiro atoms. The van der Waals surface area contributed by atoms with Crippen LogP contribution < -0.4 is 11.3 Å². The molecule has 2 heterocycles. The standard InChI is InChI=1S/C12H22N6/c1-10-8-17(2)4-3-5-18(10)9-11-6-15-12(16-13)7-14-11/h6-7,10H,3-5,8-9,13H2,1-2H3,(H,15,16). The smallest absolute Gasteiger partial charge is 0.158 e. The second-order valence-electron chi connectivity index (χ2n) is 4.97. The number of nitrogen functional groups attached to an aromatic ring is 1. The second kappa shape index (κ2) is 6.08. The molecule has 1 aromatic rings. The topological polar surface area (TPSA) is 70.3 Å². The van der Waals surface area contributed by atoms with Gasteiger partial charge in [-0.2, -0.15) is 0 Å². The highest BCUT2D eigenvalue weighted by molar-refractivity contribution is 5.28. The number of anilines is 1. The van der Waals surface area contributed by atoms with E-state index in [1.54, 1.807) is 12.4 Å². The molecule has 0 bridgehead atoms. The van der Waals surface area contributed by atoms with E-state index in [0.29, 0.717) is 11.9 Å². The number of likely N-dealkylation sites (N-methyl/N-ethyl adjacent to an activating group) is 1. The fourth-order valence-electron chi connectivity index (χ4n) is 2.38. The summed E-state index contributed by atoms with van der Waals surface area (Å²) < 4.78 is 0. The molecule has 1 aliphatic heterocycles. The van der Waals surface area contributed by atoms with E-state index < -0.39 is 0 Å². The molecule has 6 nitrogen and oxygen atoms in total. The molecule has 0 saturated carbocycles. The molecule has 1 atom stereocenters. The van der Waals surface area contributed by atoms with Crippen LogP contribution in [0.15, 0.2) is 12.4 Å². The second-order valence-corrected chi connectivity index (χ2v) is 4.97. The van der Waals surface area contributed by atoms with Gasteiger partial charge in [0.1, 0.15) is 0 Å². The molecular weight excluding hydrogens is 228 g/mol. The number of hydrogen-bond donors (Lipinski definition) is 2. The van der Waals surface area contributed by atoms with Crippen LogP contribution in [0.25, 0.3) is 0 Å². The van der Waals surface area contributed by atoms with E-state index in [2.05, 4.69) is 39.2 Å². The van der Waals surface area contributed by atoms with Gasteiger partial charge in [0, 0.05) is 25.7 Å². The van der Waals surface area contributed by atoms with E-state index in [9.17, 15) is 0 Å². The van der Waals surface area contributed by atoms with E-state index in [4.69, 9.17) is 5.84 Å². The lowest BCUT2D eigenvalue weighted by Gasteiger charge is -2.27. The summed E-state index contributed by atoms with van der Waals surface area (Å²) in [6.07, 6.45) is 4.66. The fraction of sp³-hybridized carbons (Fsp3) is 0.667. The van der Waals surface area contributed by atoms with E-state index in [0.717, 1.165) is 25.3 Å². The highest BCUT2D eigenvalue weighted by Gasteiger charge is 2.19. The molecule has 0 radical (unpaired) electrons. The first-order valence-electron chi connectivity index (χ1n) is 6.39. The Balaban J connectivity index is 1.98. The molecule has 18 heavy (non-hydrogen) atoms. The third kappa shape index (κ3) is 3.38. The lowest BCUT2D eigenvalue weighted by atomic mass is 10.2. The lowest BCUT2D eigenvalue weighted by Crippen LogP contribution is -2.37. The average molecular weight is 250 g/mol. The Morgan fingerprint density at radius 2 is 2.22 bits per heavy atom. The predicted molar refractivity (Wildman–Crippen MR) is 71.8 cm³/mol. The minimum Gasteiger partial charge on any atom is -0.307 e. The minimum atomic E-state index is 0.548. The molecule has 1 saturated heterocycles. The number of nitrogens with zero attached hydrogens (tertiary/aromatic N) is 4. The van der Waals surface area contributed by atoms with E-state index in [1.807, 2.05) is 0 Å². The van der Waals surface area contributed by atoms with Crippen molar-refractivity contribution in [1.29, 1.82) is 0 Å². The number of nitrogens with one attached hydrogen (secondary N) is 1. The SMILES string of the molecule is CC1CN(C)CCCN1Cc1cnc(NN)cn1. The van der Waals surface area contributed by atoms with Crippen LogP contribution in [0.1, 0.15) is 19.0 Å². The molecule has 1 unspecified atom stereocenters. The van der Waals surface area contributed by atoms with Gasteiger partial charge in [-0.25, -0.2) is 10.8 Å². The molecule has 1 fully saturated rings. The average Bonchev–Trinajstić information content (AvgIpc) is 2.52. The summed E-state index contributed by atoms with van der Waals surface area (Å²) in [5, 5.41) is 0. The molecule has 0 aliphatic carbocycles. The van der Waals surface area contributed by atoms with Crippen LogP contribution in [0, 0.1) is 0 Å². The van der Waals surface area contributed by atoms with Gasteiger partial charge in [0.05, 0.1) is 18.1 Å². The van der Waals surface area contributed by atoms with Crippen LogP contribution in [-0.4, -0.2) is 52.5 Å². The normalized spacial score (nSPS) is 22.7. The Hall–Kier alpha value is -1.24. The van der Waals surface area contributed by atoms with E-state index >= 15 is 0 Å². The van der Waals surface area contributed by atoms with Gasteiger partial charge in [-0.05, 0) is 26.9 Å². The van der Waals surface area contributed by atoms with Gasteiger partial charge in [-0.15, -0.1) is 0 Å². The zero-order valence-corrected chi connectivity index (χ0v) is 11.1. The van der Waals surface area contributed by atoms with Crippen LogP contribution in [0.4, 0.5) is 5.82 Å². The van der Waals surface area contributed by atoms with Crippen molar-refractivity contribution in [3.8, 4) is 0 Å². The maximum atomic E-state index is 5.27. The highest BCUT2D eigenvalue weighted by atomic mass is 15.3.